The van der Waals surface area contributed by atoms with E-state index in [1.807, 2.05) is 36.1 Å². The van der Waals surface area contributed by atoms with Gasteiger partial charge in [-0.2, -0.15) is 0 Å². The highest BCUT2D eigenvalue weighted by Crippen LogP contribution is 2.13. The summed E-state index contributed by atoms with van der Waals surface area (Å²) >= 11 is 0. The molecule has 0 aliphatic carbocycles. The van der Waals surface area contributed by atoms with Gasteiger partial charge in [-0.3, -0.25) is 19.4 Å². The number of hydrogen-bond donors (Lipinski definition) is 1. The van der Waals surface area contributed by atoms with Crippen LogP contribution in [0.2, 0.25) is 0 Å². The first-order valence-electron chi connectivity index (χ1n) is 9.27. The molecule has 2 aliphatic rings. The zero-order chi connectivity index (χ0) is 18.4. The lowest BCUT2D eigenvalue weighted by Crippen LogP contribution is -2.53. The predicted octanol–water partition coefficient (Wildman–Crippen LogP) is 0.410. The lowest BCUT2D eigenvalue weighted by Gasteiger charge is -2.36. The van der Waals surface area contributed by atoms with Crippen LogP contribution in [0.1, 0.15) is 5.56 Å². The Balaban J connectivity index is 1.39. The number of para-hydroxylation sites is 1. The van der Waals surface area contributed by atoms with Crippen LogP contribution in [0.15, 0.2) is 24.3 Å². The van der Waals surface area contributed by atoms with Crippen LogP contribution in [0.3, 0.4) is 0 Å². The first kappa shape index (κ1) is 18.8. The summed E-state index contributed by atoms with van der Waals surface area (Å²) in [6.45, 7) is 8.70. The number of amides is 2. The van der Waals surface area contributed by atoms with Crippen LogP contribution >= 0.6 is 0 Å². The fraction of sp³-hybridized carbons (Fsp3) is 0.579. The van der Waals surface area contributed by atoms with E-state index in [4.69, 9.17) is 4.74 Å². The smallest absolute Gasteiger partial charge is 0.238 e. The molecule has 0 spiro atoms. The minimum atomic E-state index is -0.00704. The Bertz CT molecular complexity index is 623. The zero-order valence-corrected chi connectivity index (χ0v) is 15.4. The maximum Gasteiger partial charge on any atom is 0.238 e. The molecule has 2 saturated heterocycles. The van der Waals surface area contributed by atoms with E-state index < -0.39 is 0 Å². The van der Waals surface area contributed by atoms with Gasteiger partial charge in [0.25, 0.3) is 0 Å². The quantitative estimate of drug-likeness (QED) is 0.824. The second-order valence-corrected chi connectivity index (χ2v) is 6.91. The largest absolute Gasteiger partial charge is 0.379 e. The molecule has 2 amide bonds. The van der Waals surface area contributed by atoms with Crippen molar-refractivity contribution in [2.24, 2.45) is 0 Å². The Hall–Kier alpha value is -1.96. The number of carbonyl (C=O) groups is 2. The SMILES string of the molecule is Cc1ccccc1NC(=O)CN1CCN(C(=O)CN2CCOCC2)CC1. The highest BCUT2D eigenvalue weighted by molar-refractivity contribution is 5.93. The molecule has 2 heterocycles. The Morgan fingerprint density at radius 2 is 1.62 bits per heavy atom. The van der Waals surface area contributed by atoms with E-state index >= 15 is 0 Å². The lowest BCUT2D eigenvalue weighted by atomic mass is 10.2. The summed E-state index contributed by atoms with van der Waals surface area (Å²) < 4.78 is 5.32. The molecule has 0 aromatic heterocycles. The average molecular weight is 360 g/mol. The van der Waals surface area contributed by atoms with Gasteiger partial charge in [-0.25, -0.2) is 0 Å². The maximum absolute atomic E-state index is 12.4. The standard InChI is InChI=1S/C19H28N4O3/c1-16-4-2-3-5-17(16)20-18(24)14-21-6-8-23(9-7-21)19(25)15-22-10-12-26-13-11-22/h2-5H,6-15H2,1H3,(H,20,24). The predicted molar refractivity (Wildman–Crippen MR) is 100 cm³/mol. The molecule has 0 saturated carbocycles. The molecule has 26 heavy (non-hydrogen) atoms. The molecule has 1 N–H and O–H groups in total. The van der Waals surface area contributed by atoms with Crippen LogP contribution in [0.5, 0.6) is 0 Å². The van der Waals surface area contributed by atoms with E-state index in [9.17, 15) is 9.59 Å². The summed E-state index contributed by atoms with van der Waals surface area (Å²) in [6, 6.07) is 7.77. The molecule has 0 unspecified atom stereocenters. The van der Waals surface area contributed by atoms with Crippen molar-refractivity contribution >= 4 is 17.5 Å². The van der Waals surface area contributed by atoms with Crippen molar-refractivity contribution in [2.75, 3.05) is 70.9 Å². The first-order valence-corrected chi connectivity index (χ1v) is 9.27. The van der Waals surface area contributed by atoms with Gasteiger partial charge in [-0.15, -0.1) is 0 Å². The Morgan fingerprint density at radius 1 is 0.962 bits per heavy atom. The summed E-state index contributed by atoms with van der Waals surface area (Å²) in [7, 11) is 0. The van der Waals surface area contributed by atoms with Crippen molar-refractivity contribution in [2.45, 2.75) is 6.92 Å². The Labute approximate surface area is 154 Å². The van der Waals surface area contributed by atoms with Crippen molar-refractivity contribution < 1.29 is 14.3 Å². The van der Waals surface area contributed by atoms with E-state index in [0.717, 1.165) is 37.4 Å². The molecule has 142 valence electrons. The highest BCUT2D eigenvalue weighted by atomic mass is 16.5. The molecule has 0 atom stereocenters. The van der Waals surface area contributed by atoms with Gasteiger partial charge in [0.2, 0.25) is 11.8 Å². The highest BCUT2D eigenvalue weighted by Gasteiger charge is 2.24. The summed E-state index contributed by atoms with van der Waals surface area (Å²) in [4.78, 5) is 30.8. The van der Waals surface area contributed by atoms with Crippen LogP contribution in [-0.4, -0.2) is 92.1 Å². The topological polar surface area (TPSA) is 65.1 Å². The third-order valence-corrected chi connectivity index (χ3v) is 4.97. The number of carbonyl (C=O) groups excluding carboxylic acids is 2. The molecule has 1 aromatic carbocycles. The monoisotopic (exact) mass is 360 g/mol. The normalized spacial score (nSPS) is 19.3. The number of hydrogen-bond acceptors (Lipinski definition) is 5. The van der Waals surface area contributed by atoms with E-state index in [1.54, 1.807) is 0 Å². The fourth-order valence-electron chi connectivity index (χ4n) is 3.31. The minimum Gasteiger partial charge on any atom is -0.379 e. The number of aryl methyl sites for hydroxylation is 1. The Morgan fingerprint density at radius 3 is 2.31 bits per heavy atom. The first-order chi connectivity index (χ1) is 12.6. The molecular weight excluding hydrogens is 332 g/mol. The number of morpholine rings is 1. The molecule has 1 aromatic rings. The molecule has 7 heteroatoms. The molecule has 0 radical (unpaired) electrons. The summed E-state index contributed by atoms with van der Waals surface area (Å²) in [6.07, 6.45) is 0. The summed E-state index contributed by atoms with van der Waals surface area (Å²) in [5, 5.41) is 2.97. The molecule has 2 fully saturated rings. The van der Waals surface area contributed by atoms with Crippen molar-refractivity contribution in [3.8, 4) is 0 Å². The van der Waals surface area contributed by atoms with E-state index in [2.05, 4.69) is 15.1 Å². The third kappa shape index (κ3) is 5.27. The van der Waals surface area contributed by atoms with Crippen LogP contribution in [0.4, 0.5) is 5.69 Å². The molecular formula is C19H28N4O3. The van der Waals surface area contributed by atoms with Gasteiger partial charge in [-0.05, 0) is 18.6 Å². The number of rotatable bonds is 5. The van der Waals surface area contributed by atoms with Crippen molar-refractivity contribution in [3.05, 3.63) is 29.8 Å². The van der Waals surface area contributed by atoms with Gasteiger partial charge in [0.1, 0.15) is 0 Å². The molecule has 2 aliphatic heterocycles. The molecule has 3 rings (SSSR count). The van der Waals surface area contributed by atoms with Gasteiger partial charge < -0.3 is 15.0 Å². The van der Waals surface area contributed by atoms with Gasteiger partial charge in [0, 0.05) is 45.0 Å². The summed E-state index contributed by atoms with van der Waals surface area (Å²) in [5.74, 6) is 0.170. The average Bonchev–Trinajstić information content (AvgIpc) is 2.65. The lowest BCUT2D eigenvalue weighted by molar-refractivity contribution is -0.135. The zero-order valence-electron chi connectivity index (χ0n) is 15.4. The number of piperazine rings is 1. The number of nitrogens with zero attached hydrogens (tertiary/aromatic N) is 3. The molecule has 0 bridgehead atoms. The number of ether oxygens (including phenoxy) is 1. The van der Waals surface area contributed by atoms with Crippen LogP contribution in [0.25, 0.3) is 0 Å². The second kappa shape index (κ2) is 9.12. The summed E-state index contributed by atoms with van der Waals surface area (Å²) in [5.41, 5.74) is 1.91. The van der Waals surface area contributed by atoms with Gasteiger partial charge >= 0.3 is 0 Å². The van der Waals surface area contributed by atoms with Gasteiger partial charge in [0.15, 0.2) is 0 Å². The minimum absolute atomic E-state index is 0.00704. The van der Waals surface area contributed by atoms with Crippen molar-refractivity contribution in [1.29, 1.82) is 0 Å². The fourth-order valence-corrected chi connectivity index (χ4v) is 3.31. The van der Waals surface area contributed by atoms with Crippen molar-refractivity contribution in [3.63, 3.8) is 0 Å². The van der Waals surface area contributed by atoms with Crippen LogP contribution in [0, 0.1) is 6.92 Å². The number of anilines is 1. The van der Waals surface area contributed by atoms with E-state index in [-0.39, 0.29) is 11.8 Å². The number of nitrogens with one attached hydrogen (secondary N) is 1. The van der Waals surface area contributed by atoms with Crippen LogP contribution < -0.4 is 5.32 Å². The van der Waals surface area contributed by atoms with E-state index in [1.165, 1.54) is 0 Å². The van der Waals surface area contributed by atoms with Crippen LogP contribution in [-0.2, 0) is 14.3 Å². The van der Waals surface area contributed by atoms with Gasteiger partial charge in [0.05, 0.1) is 26.3 Å². The molecule has 7 nitrogen and oxygen atoms in total. The van der Waals surface area contributed by atoms with Gasteiger partial charge in [-0.1, -0.05) is 18.2 Å². The second-order valence-electron chi connectivity index (χ2n) is 6.91. The number of benzene rings is 1. The van der Waals surface area contributed by atoms with E-state index in [0.29, 0.717) is 39.4 Å². The third-order valence-electron chi connectivity index (χ3n) is 4.97. The maximum atomic E-state index is 12.4. The van der Waals surface area contributed by atoms with Crippen molar-refractivity contribution in [1.82, 2.24) is 14.7 Å². The Kier molecular flexibility index (Phi) is 6.60.